The predicted octanol–water partition coefficient (Wildman–Crippen LogP) is 2.62. The lowest BCUT2D eigenvalue weighted by Gasteiger charge is -2.03. The highest BCUT2D eigenvalue weighted by Gasteiger charge is 2.01. The zero-order chi connectivity index (χ0) is 11.5. The normalized spacial score (nSPS) is 10.4. The van der Waals surface area contributed by atoms with Crippen LogP contribution < -0.4 is 0 Å². The summed E-state index contributed by atoms with van der Waals surface area (Å²) >= 11 is 5.99. The Morgan fingerprint density at radius 1 is 1.56 bits per heavy atom. The van der Waals surface area contributed by atoms with Crippen molar-refractivity contribution >= 4 is 24.1 Å². The van der Waals surface area contributed by atoms with Crippen LogP contribution in [-0.2, 0) is 6.54 Å². The van der Waals surface area contributed by atoms with E-state index >= 15 is 0 Å². The fraction of sp³-hybridized carbons (Fsp3) is 0.182. The molecule has 5 heteroatoms. The number of halogens is 1. The number of rotatable bonds is 3. The van der Waals surface area contributed by atoms with Gasteiger partial charge in [-0.3, -0.25) is 9.67 Å². The lowest BCUT2D eigenvalue weighted by atomic mass is 10.2. The van der Waals surface area contributed by atoms with Gasteiger partial charge in [-0.2, -0.15) is 5.10 Å². The maximum Gasteiger partial charge on any atom is 0.173 e. The zero-order valence-electron chi connectivity index (χ0n) is 8.89. The summed E-state index contributed by atoms with van der Waals surface area (Å²) in [5, 5.41) is 4.87. The van der Waals surface area contributed by atoms with Crippen molar-refractivity contribution in [1.29, 1.82) is 0 Å². The van der Waals surface area contributed by atoms with Gasteiger partial charge in [0.25, 0.3) is 0 Å². The molecule has 0 N–H and O–H groups in total. The Balaban J connectivity index is 2.20. The molecule has 0 aromatic carbocycles. The number of aromatic nitrogens is 3. The van der Waals surface area contributed by atoms with Crippen molar-refractivity contribution in [2.75, 3.05) is 0 Å². The van der Waals surface area contributed by atoms with Crippen LogP contribution in [0.25, 0.3) is 0 Å². The quantitative estimate of drug-likeness (QED) is 0.767. The van der Waals surface area contributed by atoms with Crippen LogP contribution >= 0.6 is 11.6 Å². The van der Waals surface area contributed by atoms with Crippen molar-refractivity contribution in [3.05, 3.63) is 40.8 Å². The second-order valence-corrected chi connectivity index (χ2v) is 3.85. The Morgan fingerprint density at radius 3 is 3.00 bits per heavy atom. The number of hydrogen-bond acceptors (Lipinski definition) is 3. The van der Waals surface area contributed by atoms with Gasteiger partial charge in [0.15, 0.2) is 5.82 Å². The maximum atomic E-state index is 5.99. The number of aliphatic imine (C=N–C) groups is 1. The molecule has 4 nitrogen and oxygen atoms in total. The lowest BCUT2D eigenvalue weighted by molar-refractivity contribution is 0.686. The first kappa shape index (κ1) is 10.8. The predicted molar refractivity (Wildman–Crippen MR) is 64.5 cm³/mol. The van der Waals surface area contributed by atoms with E-state index in [0.29, 0.717) is 17.4 Å². The second-order valence-electron chi connectivity index (χ2n) is 3.44. The fourth-order valence-electron chi connectivity index (χ4n) is 1.34. The van der Waals surface area contributed by atoms with Crippen molar-refractivity contribution in [2.24, 2.45) is 4.99 Å². The second kappa shape index (κ2) is 4.45. The molecule has 0 aliphatic carbocycles. The van der Waals surface area contributed by atoms with Gasteiger partial charge in [0.2, 0.25) is 0 Å². The third-order valence-electron chi connectivity index (χ3n) is 2.21. The van der Waals surface area contributed by atoms with E-state index in [1.165, 1.54) is 0 Å². The number of aryl methyl sites for hydroxylation is 1. The molecular weight excluding hydrogens is 224 g/mol. The number of nitrogens with zero attached hydrogens (tertiary/aromatic N) is 4. The van der Waals surface area contributed by atoms with E-state index in [4.69, 9.17) is 11.6 Å². The summed E-state index contributed by atoms with van der Waals surface area (Å²) in [5.41, 5.74) is 1.84. The standard InChI is InChI=1S/C11H11ClN4/c1-8-10(12)5-9(6-14-8)7-16-4-3-11(13-2)15-16/h3-6H,2,7H2,1H3. The average molecular weight is 235 g/mol. The highest BCUT2D eigenvalue weighted by atomic mass is 35.5. The Kier molecular flexibility index (Phi) is 3.01. The van der Waals surface area contributed by atoms with E-state index in [1.54, 1.807) is 16.9 Å². The van der Waals surface area contributed by atoms with Crippen molar-refractivity contribution in [2.45, 2.75) is 13.5 Å². The van der Waals surface area contributed by atoms with Crippen molar-refractivity contribution in [3.8, 4) is 0 Å². The van der Waals surface area contributed by atoms with E-state index < -0.39 is 0 Å². The molecule has 0 radical (unpaired) electrons. The number of pyridine rings is 1. The van der Waals surface area contributed by atoms with Crippen molar-refractivity contribution < 1.29 is 0 Å². The minimum Gasteiger partial charge on any atom is -0.266 e. The minimum atomic E-state index is 0.617. The van der Waals surface area contributed by atoms with Gasteiger partial charge in [0.1, 0.15) is 0 Å². The van der Waals surface area contributed by atoms with Crippen LogP contribution in [0, 0.1) is 6.92 Å². The Morgan fingerprint density at radius 2 is 2.38 bits per heavy atom. The molecule has 0 spiro atoms. The van der Waals surface area contributed by atoms with Gasteiger partial charge in [0, 0.05) is 18.5 Å². The Bertz CT molecular complexity index is 518. The van der Waals surface area contributed by atoms with Crippen LogP contribution in [0.4, 0.5) is 5.82 Å². The largest absolute Gasteiger partial charge is 0.266 e. The summed E-state index contributed by atoms with van der Waals surface area (Å²) in [7, 11) is 0. The molecule has 2 heterocycles. The summed E-state index contributed by atoms with van der Waals surface area (Å²) in [6, 6.07) is 3.70. The summed E-state index contributed by atoms with van der Waals surface area (Å²) < 4.78 is 1.77. The third-order valence-corrected chi connectivity index (χ3v) is 2.60. The van der Waals surface area contributed by atoms with Crippen molar-refractivity contribution in [1.82, 2.24) is 14.8 Å². The SMILES string of the molecule is C=Nc1ccn(Cc2cnc(C)c(Cl)c2)n1. The smallest absolute Gasteiger partial charge is 0.173 e. The Labute approximate surface area is 98.6 Å². The first-order chi connectivity index (χ1) is 7.69. The highest BCUT2D eigenvalue weighted by Crippen LogP contribution is 2.15. The first-order valence-electron chi connectivity index (χ1n) is 4.80. The van der Waals surface area contributed by atoms with E-state index in [2.05, 4.69) is 21.8 Å². The molecule has 2 aromatic heterocycles. The van der Waals surface area contributed by atoms with Gasteiger partial charge in [-0.25, -0.2) is 4.99 Å². The monoisotopic (exact) mass is 234 g/mol. The van der Waals surface area contributed by atoms with Crippen LogP contribution in [0.5, 0.6) is 0 Å². The van der Waals surface area contributed by atoms with E-state index in [1.807, 2.05) is 19.2 Å². The first-order valence-corrected chi connectivity index (χ1v) is 5.18. The molecule has 16 heavy (non-hydrogen) atoms. The van der Waals surface area contributed by atoms with Crippen LogP contribution in [0.1, 0.15) is 11.3 Å². The topological polar surface area (TPSA) is 43.1 Å². The zero-order valence-corrected chi connectivity index (χ0v) is 9.65. The van der Waals surface area contributed by atoms with Crippen LogP contribution in [-0.4, -0.2) is 21.5 Å². The molecule has 0 atom stereocenters. The van der Waals surface area contributed by atoms with E-state index in [-0.39, 0.29) is 0 Å². The van der Waals surface area contributed by atoms with Gasteiger partial charge in [-0.15, -0.1) is 0 Å². The van der Waals surface area contributed by atoms with Crippen LogP contribution in [0.2, 0.25) is 5.02 Å². The van der Waals surface area contributed by atoms with Gasteiger partial charge in [-0.1, -0.05) is 11.6 Å². The van der Waals surface area contributed by atoms with Crippen LogP contribution in [0.3, 0.4) is 0 Å². The molecule has 2 rings (SSSR count). The minimum absolute atomic E-state index is 0.617. The van der Waals surface area contributed by atoms with Gasteiger partial charge in [0.05, 0.1) is 17.3 Å². The molecular formula is C11H11ClN4. The van der Waals surface area contributed by atoms with Gasteiger partial charge in [-0.05, 0) is 25.3 Å². The molecule has 2 aromatic rings. The molecule has 82 valence electrons. The molecule has 0 aliphatic rings. The molecule has 0 aliphatic heterocycles. The van der Waals surface area contributed by atoms with Crippen LogP contribution in [0.15, 0.2) is 29.5 Å². The van der Waals surface area contributed by atoms with E-state index in [0.717, 1.165) is 11.3 Å². The average Bonchev–Trinajstić information content (AvgIpc) is 2.71. The molecule has 0 fully saturated rings. The molecule has 0 saturated heterocycles. The lowest BCUT2D eigenvalue weighted by Crippen LogP contribution is -2.01. The molecule has 0 unspecified atom stereocenters. The summed E-state index contributed by atoms with van der Waals surface area (Å²) in [5.74, 6) is 0.617. The van der Waals surface area contributed by atoms with Crippen molar-refractivity contribution in [3.63, 3.8) is 0 Å². The molecule has 0 bridgehead atoms. The Hall–Kier alpha value is -1.68. The number of hydrogen-bond donors (Lipinski definition) is 0. The summed E-state index contributed by atoms with van der Waals surface area (Å²) in [6.45, 7) is 5.92. The maximum absolute atomic E-state index is 5.99. The third kappa shape index (κ3) is 2.28. The van der Waals surface area contributed by atoms with Gasteiger partial charge >= 0.3 is 0 Å². The van der Waals surface area contributed by atoms with Gasteiger partial charge < -0.3 is 0 Å². The molecule has 0 amide bonds. The fourth-order valence-corrected chi connectivity index (χ4v) is 1.53. The molecule has 0 saturated carbocycles. The van der Waals surface area contributed by atoms with E-state index in [9.17, 15) is 0 Å². The highest BCUT2D eigenvalue weighted by molar-refractivity contribution is 6.31. The summed E-state index contributed by atoms with van der Waals surface area (Å²) in [6.07, 6.45) is 3.64. The summed E-state index contributed by atoms with van der Waals surface area (Å²) in [4.78, 5) is 7.93.